The van der Waals surface area contributed by atoms with E-state index in [0.29, 0.717) is 5.88 Å². The van der Waals surface area contributed by atoms with Crippen molar-refractivity contribution in [2.24, 2.45) is 0 Å². The molecule has 3 aromatic rings. The Labute approximate surface area is 98.5 Å². The lowest BCUT2D eigenvalue weighted by atomic mass is 10.3. The lowest BCUT2D eigenvalue weighted by Gasteiger charge is -2.04. The van der Waals surface area contributed by atoms with E-state index in [4.69, 9.17) is 4.74 Å². The number of methoxy groups -OCH3 is 1. The molecule has 0 unspecified atom stereocenters. The molecule has 4 nitrogen and oxygen atoms in total. The predicted molar refractivity (Wildman–Crippen MR) is 65.4 cm³/mol. The predicted octanol–water partition coefficient (Wildman–Crippen LogP) is 2.43. The van der Waals surface area contributed by atoms with E-state index in [1.165, 1.54) is 6.33 Å². The van der Waals surface area contributed by atoms with Gasteiger partial charge in [0.2, 0.25) is 5.88 Å². The molecule has 84 valence electrons. The Morgan fingerprint density at radius 3 is 2.65 bits per heavy atom. The van der Waals surface area contributed by atoms with Gasteiger partial charge < -0.3 is 9.30 Å². The van der Waals surface area contributed by atoms with Crippen molar-refractivity contribution in [3.8, 4) is 11.6 Å². The Kier molecular flexibility index (Phi) is 2.26. The van der Waals surface area contributed by atoms with Crippen LogP contribution in [0.25, 0.3) is 16.7 Å². The van der Waals surface area contributed by atoms with Crippen LogP contribution in [0.2, 0.25) is 0 Å². The van der Waals surface area contributed by atoms with Crippen molar-refractivity contribution in [2.45, 2.75) is 0 Å². The van der Waals surface area contributed by atoms with Gasteiger partial charge in [0.15, 0.2) is 5.65 Å². The number of para-hydroxylation sites is 1. The average Bonchev–Trinajstić information content (AvgIpc) is 2.83. The van der Waals surface area contributed by atoms with Crippen molar-refractivity contribution in [1.29, 1.82) is 0 Å². The van der Waals surface area contributed by atoms with Gasteiger partial charge in [-0.15, -0.1) is 0 Å². The van der Waals surface area contributed by atoms with E-state index in [9.17, 15) is 0 Å². The van der Waals surface area contributed by atoms with Crippen LogP contribution < -0.4 is 4.74 Å². The lowest BCUT2D eigenvalue weighted by molar-refractivity contribution is 0.402. The van der Waals surface area contributed by atoms with E-state index in [0.717, 1.165) is 16.7 Å². The van der Waals surface area contributed by atoms with Crippen molar-refractivity contribution < 1.29 is 4.74 Å². The zero-order valence-electron chi connectivity index (χ0n) is 9.37. The highest BCUT2D eigenvalue weighted by Crippen LogP contribution is 2.24. The molecule has 0 fully saturated rings. The maximum absolute atomic E-state index is 5.21. The van der Waals surface area contributed by atoms with Gasteiger partial charge >= 0.3 is 0 Å². The second-order valence-corrected chi connectivity index (χ2v) is 3.64. The summed E-state index contributed by atoms with van der Waals surface area (Å²) in [5.74, 6) is 0.602. The number of fused-ring (bicyclic) bond motifs is 1. The first kappa shape index (κ1) is 9.84. The number of hydrogen-bond acceptors (Lipinski definition) is 3. The van der Waals surface area contributed by atoms with E-state index < -0.39 is 0 Å². The van der Waals surface area contributed by atoms with Crippen LogP contribution in [0, 0.1) is 0 Å². The first-order chi connectivity index (χ1) is 8.40. The topological polar surface area (TPSA) is 39.9 Å². The zero-order valence-corrected chi connectivity index (χ0v) is 9.37. The minimum Gasteiger partial charge on any atom is -0.480 e. The first-order valence-corrected chi connectivity index (χ1v) is 5.31. The fourth-order valence-corrected chi connectivity index (χ4v) is 1.89. The fraction of sp³-hybridized carbons (Fsp3) is 0.0769. The van der Waals surface area contributed by atoms with Gasteiger partial charge in [0.25, 0.3) is 0 Å². The monoisotopic (exact) mass is 225 g/mol. The van der Waals surface area contributed by atoms with Gasteiger partial charge in [0, 0.05) is 11.9 Å². The Balaban J connectivity index is 2.26. The Bertz CT molecular complexity index is 646. The SMILES string of the molecule is COc1ncnc2c1ccn2-c1ccccc1. The lowest BCUT2D eigenvalue weighted by Crippen LogP contribution is -1.95. The molecule has 0 amide bonds. The molecule has 0 bridgehead atoms. The van der Waals surface area contributed by atoms with Gasteiger partial charge in [-0.2, -0.15) is 0 Å². The number of hydrogen-bond donors (Lipinski definition) is 0. The van der Waals surface area contributed by atoms with Crippen LogP contribution in [-0.4, -0.2) is 21.6 Å². The summed E-state index contributed by atoms with van der Waals surface area (Å²) in [5.41, 5.74) is 1.92. The molecular weight excluding hydrogens is 214 g/mol. The van der Waals surface area contributed by atoms with Crippen molar-refractivity contribution in [3.63, 3.8) is 0 Å². The second kappa shape index (κ2) is 3.90. The van der Waals surface area contributed by atoms with Crippen LogP contribution in [0.1, 0.15) is 0 Å². The third-order valence-electron chi connectivity index (χ3n) is 2.67. The molecule has 0 radical (unpaired) electrons. The number of benzene rings is 1. The third-order valence-corrected chi connectivity index (χ3v) is 2.67. The van der Waals surface area contributed by atoms with Crippen molar-refractivity contribution in [3.05, 3.63) is 48.9 Å². The molecule has 2 aromatic heterocycles. The van der Waals surface area contributed by atoms with Crippen LogP contribution in [-0.2, 0) is 0 Å². The summed E-state index contributed by atoms with van der Waals surface area (Å²) in [5, 5.41) is 0.916. The summed E-state index contributed by atoms with van der Waals surface area (Å²) >= 11 is 0. The minimum absolute atomic E-state index is 0.602. The van der Waals surface area contributed by atoms with E-state index in [1.54, 1.807) is 7.11 Å². The Morgan fingerprint density at radius 1 is 1.06 bits per heavy atom. The van der Waals surface area contributed by atoms with E-state index in [1.807, 2.05) is 47.2 Å². The number of rotatable bonds is 2. The van der Waals surface area contributed by atoms with E-state index >= 15 is 0 Å². The smallest absolute Gasteiger partial charge is 0.225 e. The average molecular weight is 225 g/mol. The maximum atomic E-state index is 5.21. The molecule has 1 aromatic carbocycles. The highest BCUT2D eigenvalue weighted by Gasteiger charge is 2.08. The molecule has 0 spiro atoms. The van der Waals surface area contributed by atoms with Crippen molar-refractivity contribution in [2.75, 3.05) is 7.11 Å². The molecule has 0 saturated heterocycles. The van der Waals surface area contributed by atoms with E-state index in [-0.39, 0.29) is 0 Å². The Hall–Kier alpha value is -2.36. The number of ether oxygens (including phenoxy) is 1. The quantitative estimate of drug-likeness (QED) is 0.672. The molecule has 17 heavy (non-hydrogen) atoms. The normalized spacial score (nSPS) is 10.6. The summed E-state index contributed by atoms with van der Waals surface area (Å²) < 4.78 is 7.23. The van der Waals surface area contributed by atoms with Crippen LogP contribution in [0.5, 0.6) is 5.88 Å². The van der Waals surface area contributed by atoms with Gasteiger partial charge in [0.05, 0.1) is 12.5 Å². The standard InChI is InChI=1S/C13H11N3O/c1-17-13-11-7-8-16(12(11)14-9-15-13)10-5-3-2-4-6-10/h2-9H,1H3. The van der Waals surface area contributed by atoms with Gasteiger partial charge in [-0.05, 0) is 18.2 Å². The van der Waals surface area contributed by atoms with Gasteiger partial charge in [0.1, 0.15) is 6.33 Å². The Morgan fingerprint density at radius 2 is 1.88 bits per heavy atom. The van der Waals surface area contributed by atoms with Gasteiger partial charge in [-0.3, -0.25) is 0 Å². The highest BCUT2D eigenvalue weighted by atomic mass is 16.5. The van der Waals surface area contributed by atoms with Crippen LogP contribution in [0.3, 0.4) is 0 Å². The minimum atomic E-state index is 0.602. The van der Waals surface area contributed by atoms with Gasteiger partial charge in [-0.1, -0.05) is 18.2 Å². The molecule has 2 heterocycles. The number of aromatic nitrogens is 3. The summed E-state index contributed by atoms with van der Waals surface area (Å²) in [6.45, 7) is 0. The maximum Gasteiger partial charge on any atom is 0.225 e. The summed E-state index contributed by atoms with van der Waals surface area (Å²) in [7, 11) is 1.61. The molecule has 0 aliphatic rings. The van der Waals surface area contributed by atoms with Gasteiger partial charge in [-0.25, -0.2) is 9.97 Å². The van der Waals surface area contributed by atoms with Crippen LogP contribution in [0.4, 0.5) is 0 Å². The first-order valence-electron chi connectivity index (χ1n) is 5.31. The third kappa shape index (κ3) is 1.54. The molecule has 0 aliphatic carbocycles. The highest BCUT2D eigenvalue weighted by molar-refractivity contribution is 5.82. The molecular formula is C13H11N3O. The summed E-state index contributed by atoms with van der Waals surface area (Å²) in [6, 6.07) is 12.0. The fourth-order valence-electron chi connectivity index (χ4n) is 1.89. The summed E-state index contributed by atoms with van der Waals surface area (Å²) in [6.07, 6.45) is 3.48. The molecule has 4 heteroatoms. The largest absolute Gasteiger partial charge is 0.480 e. The second-order valence-electron chi connectivity index (χ2n) is 3.64. The number of nitrogens with zero attached hydrogens (tertiary/aromatic N) is 3. The molecule has 0 atom stereocenters. The van der Waals surface area contributed by atoms with Crippen molar-refractivity contribution in [1.82, 2.24) is 14.5 Å². The van der Waals surface area contributed by atoms with Crippen molar-refractivity contribution >= 4 is 11.0 Å². The molecule has 3 rings (SSSR count). The molecule has 0 N–H and O–H groups in total. The van der Waals surface area contributed by atoms with E-state index in [2.05, 4.69) is 9.97 Å². The summed E-state index contributed by atoms with van der Waals surface area (Å²) in [4.78, 5) is 8.38. The molecule has 0 aliphatic heterocycles. The zero-order chi connectivity index (χ0) is 11.7. The van der Waals surface area contributed by atoms with Crippen LogP contribution in [0.15, 0.2) is 48.9 Å². The molecule has 0 saturated carbocycles. The van der Waals surface area contributed by atoms with Crippen LogP contribution >= 0.6 is 0 Å².